The second-order valence-electron chi connectivity index (χ2n) is 4.50. The summed E-state index contributed by atoms with van der Waals surface area (Å²) >= 11 is 0. The quantitative estimate of drug-likeness (QED) is 0.881. The first-order valence-electron chi connectivity index (χ1n) is 7.08. The summed E-state index contributed by atoms with van der Waals surface area (Å²) in [5.41, 5.74) is 2.26. The van der Waals surface area contributed by atoms with Crippen LogP contribution in [0.4, 0.5) is 17.6 Å². The third-order valence-corrected chi connectivity index (χ3v) is 3.00. The number of ether oxygens (including phenoxy) is 1. The van der Waals surface area contributed by atoms with Crippen LogP contribution in [0.15, 0.2) is 24.3 Å². The second-order valence-corrected chi connectivity index (χ2v) is 4.50. The second kappa shape index (κ2) is 6.88. The van der Waals surface area contributed by atoms with E-state index in [1.165, 1.54) is 5.56 Å². The van der Waals surface area contributed by atoms with E-state index >= 15 is 0 Å². The van der Waals surface area contributed by atoms with Crippen molar-refractivity contribution >= 4 is 17.6 Å². The van der Waals surface area contributed by atoms with E-state index in [1.807, 2.05) is 11.8 Å². The fourth-order valence-electron chi connectivity index (χ4n) is 1.94. The first-order chi connectivity index (χ1) is 10.2. The van der Waals surface area contributed by atoms with E-state index in [4.69, 9.17) is 4.74 Å². The van der Waals surface area contributed by atoms with Crippen LogP contribution in [-0.4, -0.2) is 35.2 Å². The maximum Gasteiger partial charge on any atom is 0.323 e. The van der Waals surface area contributed by atoms with Gasteiger partial charge < -0.3 is 15.0 Å². The van der Waals surface area contributed by atoms with E-state index in [-0.39, 0.29) is 0 Å². The zero-order valence-electron chi connectivity index (χ0n) is 12.9. The van der Waals surface area contributed by atoms with Gasteiger partial charge >= 0.3 is 6.01 Å². The van der Waals surface area contributed by atoms with Crippen molar-refractivity contribution < 1.29 is 4.74 Å². The lowest BCUT2D eigenvalue weighted by atomic mass is 10.2. The van der Waals surface area contributed by atoms with Crippen LogP contribution in [0, 0.1) is 6.92 Å². The molecular weight excluding hydrogens is 266 g/mol. The summed E-state index contributed by atoms with van der Waals surface area (Å²) in [7, 11) is 1.77. The predicted molar refractivity (Wildman–Crippen MR) is 84.4 cm³/mol. The lowest BCUT2D eigenvalue weighted by Crippen LogP contribution is -2.20. The maximum absolute atomic E-state index is 5.41. The Morgan fingerprint density at radius 1 is 1.10 bits per heavy atom. The molecule has 0 spiro atoms. The van der Waals surface area contributed by atoms with Gasteiger partial charge in [0.25, 0.3) is 0 Å². The van der Waals surface area contributed by atoms with Crippen LogP contribution in [0.1, 0.15) is 19.4 Å². The molecule has 0 fully saturated rings. The van der Waals surface area contributed by atoms with Gasteiger partial charge in [-0.25, -0.2) is 0 Å². The summed E-state index contributed by atoms with van der Waals surface area (Å²) in [6.45, 7) is 7.30. The summed E-state index contributed by atoms with van der Waals surface area (Å²) in [6, 6.07) is 8.59. The number of hydrogen-bond donors (Lipinski definition) is 1. The first-order valence-corrected chi connectivity index (χ1v) is 7.08. The predicted octanol–water partition coefficient (Wildman–Crippen LogP) is 2.78. The molecule has 0 aliphatic rings. The summed E-state index contributed by atoms with van der Waals surface area (Å²) in [4.78, 5) is 15.0. The number of aryl methyl sites for hydroxylation is 1. The van der Waals surface area contributed by atoms with Crippen LogP contribution in [0.2, 0.25) is 0 Å². The highest BCUT2D eigenvalue weighted by Crippen LogP contribution is 2.24. The molecule has 0 atom stereocenters. The van der Waals surface area contributed by atoms with Crippen molar-refractivity contribution in [1.29, 1.82) is 0 Å². The molecule has 21 heavy (non-hydrogen) atoms. The molecule has 0 unspecified atom stereocenters. The lowest BCUT2D eigenvalue weighted by molar-refractivity contribution is 0.312. The molecule has 0 saturated carbocycles. The summed E-state index contributed by atoms with van der Waals surface area (Å²) < 4.78 is 5.41. The summed E-state index contributed by atoms with van der Waals surface area (Å²) in [6.07, 6.45) is 0. The fourth-order valence-corrected chi connectivity index (χ4v) is 1.94. The molecule has 0 radical (unpaired) electrons. The minimum Gasteiger partial charge on any atom is -0.464 e. The number of anilines is 3. The van der Waals surface area contributed by atoms with E-state index in [0.29, 0.717) is 24.5 Å². The topological polar surface area (TPSA) is 63.2 Å². The summed E-state index contributed by atoms with van der Waals surface area (Å²) in [5, 5.41) is 2.94. The highest BCUT2D eigenvalue weighted by atomic mass is 16.5. The van der Waals surface area contributed by atoms with Crippen molar-refractivity contribution in [1.82, 2.24) is 15.0 Å². The minimum atomic E-state index is 0.331. The molecule has 0 aliphatic heterocycles. The van der Waals surface area contributed by atoms with Crippen LogP contribution >= 0.6 is 0 Å². The van der Waals surface area contributed by atoms with E-state index in [0.717, 1.165) is 12.2 Å². The highest BCUT2D eigenvalue weighted by molar-refractivity contribution is 5.58. The number of rotatable bonds is 6. The Labute approximate surface area is 125 Å². The van der Waals surface area contributed by atoms with Gasteiger partial charge in [-0.1, -0.05) is 17.7 Å². The SMILES string of the molecule is CCOc1nc(NC)nc(N(CC)c2ccc(C)cc2)n1. The van der Waals surface area contributed by atoms with Gasteiger partial charge in [-0.3, -0.25) is 0 Å². The van der Waals surface area contributed by atoms with Crippen molar-refractivity contribution in [3.05, 3.63) is 29.8 Å². The first kappa shape index (κ1) is 15.0. The molecule has 6 nitrogen and oxygen atoms in total. The average Bonchev–Trinajstić information content (AvgIpc) is 2.50. The Balaban J connectivity index is 2.40. The van der Waals surface area contributed by atoms with Gasteiger partial charge in [0.15, 0.2) is 0 Å². The molecule has 1 heterocycles. The standard InChI is InChI=1S/C15H21N5O/c1-5-20(12-9-7-11(3)8-10-12)14-17-13(16-4)18-15(19-14)21-6-2/h7-10H,5-6H2,1-4H3,(H,16,17,18,19). The van der Waals surface area contributed by atoms with Gasteiger partial charge in [0, 0.05) is 19.3 Å². The van der Waals surface area contributed by atoms with Crippen LogP contribution in [0.5, 0.6) is 6.01 Å². The Kier molecular flexibility index (Phi) is 4.92. The van der Waals surface area contributed by atoms with Crippen molar-refractivity contribution in [2.24, 2.45) is 0 Å². The van der Waals surface area contributed by atoms with Crippen LogP contribution in [0.3, 0.4) is 0 Å². The third-order valence-electron chi connectivity index (χ3n) is 3.00. The molecule has 2 aromatic rings. The largest absolute Gasteiger partial charge is 0.464 e. The number of nitrogens with one attached hydrogen (secondary N) is 1. The Morgan fingerprint density at radius 3 is 2.38 bits per heavy atom. The van der Waals surface area contributed by atoms with Crippen molar-refractivity contribution in [3.63, 3.8) is 0 Å². The fraction of sp³-hybridized carbons (Fsp3) is 0.400. The van der Waals surface area contributed by atoms with Gasteiger partial charge in [-0.05, 0) is 32.9 Å². The van der Waals surface area contributed by atoms with Crippen LogP contribution in [-0.2, 0) is 0 Å². The van der Waals surface area contributed by atoms with E-state index in [2.05, 4.69) is 58.4 Å². The molecule has 0 amide bonds. The average molecular weight is 287 g/mol. The van der Waals surface area contributed by atoms with Gasteiger partial charge in [0.2, 0.25) is 11.9 Å². The van der Waals surface area contributed by atoms with E-state index in [1.54, 1.807) is 7.05 Å². The normalized spacial score (nSPS) is 10.3. The number of hydrogen-bond acceptors (Lipinski definition) is 6. The van der Waals surface area contributed by atoms with Crippen molar-refractivity contribution in [2.75, 3.05) is 30.4 Å². The number of benzene rings is 1. The summed E-state index contributed by atoms with van der Waals surface area (Å²) in [5.74, 6) is 1.07. The van der Waals surface area contributed by atoms with Crippen molar-refractivity contribution in [2.45, 2.75) is 20.8 Å². The zero-order chi connectivity index (χ0) is 15.2. The zero-order valence-corrected chi connectivity index (χ0v) is 12.9. The molecule has 0 bridgehead atoms. The van der Waals surface area contributed by atoms with Crippen LogP contribution in [0.25, 0.3) is 0 Å². The molecule has 1 N–H and O–H groups in total. The number of nitrogens with zero attached hydrogens (tertiary/aromatic N) is 4. The van der Waals surface area contributed by atoms with Gasteiger partial charge in [0.1, 0.15) is 0 Å². The molecule has 1 aromatic carbocycles. The molecule has 112 valence electrons. The molecule has 1 aromatic heterocycles. The maximum atomic E-state index is 5.41. The van der Waals surface area contributed by atoms with Crippen LogP contribution < -0.4 is 15.0 Å². The lowest BCUT2D eigenvalue weighted by Gasteiger charge is -2.21. The molecular formula is C15H21N5O. The molecule has 2 rings (SSSR count). The Hall–Kier alpha value is -2.37. The third kappa shape index (κ3) is 3.59. The van der Waals surface area contributed by atoms with E-state index < -0.39 is 0 Å². The molecule has 0 saturated heterocycles. The smallest absolute Gasteiger partial charge is 0.323 e. The highest BCUT2D eigenvalue weighted by Gasteiger charge is 2.14. The monoisotopic (exact) mass is 287 g/mol. The van der Waals surface area contributed by atoms with Gasteiger partial charge in [0.05, 0.1) is 6.61 Å². The number of aromatic nitrogens is 3. The molecule has 0 aliphatic carbocycles. The van der Waals surface area contributed by atoms with Crippen molar-refractivity contribution in [3.8, 4) is 6.01 Å². The minimum absolute atomic E-state index is 0.331. The molecule has 6 heteroatoms. The Bertz CT molecular complexity index is 585. The van der Waals surface area contributed by atoms with E-state index in [9.17, 15) is 0 Å². The van der Waals surface area contributed by atoms with Gasteiger partial charge in [-0.15, -0.1) is 0 Å². The van der Waals surface area contributed by atoms with Gasteiger partial charge in [-0.2, -0.15) is 15.0 Å². The Morgan fingerprint density at radius 2 is 1.81 bits per heavy atom.